The maximum Gasteiger partial charge on any atom is 0.205 e. The molecule has 4 rings (SSSR count). The number of hydrogen-bond acceptors (Lipinski definition) is 8. The van der Waals surface area contributed by atoms with Crippen LogP contribution in [0.1, 0.15) is 50.8 Å². The topological polar surface area (TPSA) is 96.0 Å². The molecule has 0 radical (unpaired) electrons. The Labute approximate surface area is 211 Å². The summed E-state index contributed by atoms with van der Waals surface area (Å²) in [6.07, 6.45) is 4.96. The lowest BCUT2D eigenvalue weighted by Crippen LogP contribution is -2.20. The zero-order valence-corrected chi connectivity index (χ0v) is 21.7. The van der Waals surface area contributed by atoms with E-state index >= 15 is 0 Å². The van der Waals surface area contributed by atoms with E-state index in [2.05, 4.69) is 22.4 Å². The van der Waals surface area contributed by atoms with Crippen LogP contribution >= 0.6 is 11.8 Å². The number of hydrogen-bond donors (Lipinski definition) is 2. The summed E-state index contributed by atoms with van der Waals surface area (Å²) in [6, 6.07) is 10.1. The largest absolute Gasteiger partial charge is 0.487 e. The van der Waals surface area contributed by atoms with Crippen molar-refractivity contribution in [2.45, 2.75) is 62.9 Å². The van der Waals surface area contributed by atoms with Crippen molar-refractivity contribution in [1.29, 1.82) is 0 Å². The van der Waals surface area contributed by atoms with Crippen LogP contribution in [0.3, 0.4) is 0 Å². The summed E-state index contributed by atoms with van der Waals surface area (Å²) < 4.78 is 5.96. The second-order valence-corrected chi connectivity index (χ2v) is 9.93. The molecule has 1 saturated carbocycles. The number of aromatic amines is 1. The van der Waals surface area contributed by atoms with Gasteiger partial charge in [0.1, 0.15) is 5.78 Å². The van der Waals surface area contributed by atoms with Crippen LogP contribution in [-0.4, -0.2) is 46.1 Å². The number of H-pyrrole nitrogens is 1. The van der Waals surface area contributed by atoms with Gasteiger partial charge in [0.25, 0.3) is 0 Å². The van der Waals surface area contributed by atoms with E-state index in [-0.39, 0.29) is 5.92 Å². The summed E-state index contributed by atoms with van der Waals surface area (Å²) in [5.74, 6) is 3.18. The number of anilines is 3. The number of Topliss-reactive ketones (excluding diaryl/α,β-unsaturated/α-hetero) is 1. The molecule has 186 valence electrons. The number of rotatable bonds is 11. The molecule has 1 aromatic carbocycles. The molecule has 35 heavy (non-hydrogen) atoms. The molecule has 1 fully saturated rings. The molecule has 0 amide bonds. The molecule has 8 nitrogen and oxygen atoms in total. The Morgan fingerprint density at radius 2 is 1.94 bits per heavy atom. The van der Waals surface area contributed by atoms with Crippen LogP contribution in [-0.2, 0) is 11.2 Å². The molecule has 1 aliphatic rings. The van der Waals surface area contributed by atoms with E-state index in [0.29, 0.717) is 41.4 Å². The molecule has 0 atom stereocenters. The molecule has 9 heteroatoms. The summed E-state index contributed by atoms with van der Waals surface area (Å²) in [5, 5.41) is 11.1. The summed E-state index contributed by atoms with van der Waals surface area (Å²) >= 11 is 1.48. The third kappa shape index (κ3) is 6.33. The predicted molar refractivity (Wildman–Crippen MR) is 140 cm³/mol. The number of nitrogens with zero attached hydrogens (tertiary/aromatic N) is 4. The van der Waals surface area contributed by atoms with Gasteiger partial charge in [0, 0.05) is 42.6 Å². The van der Waals surface area contributed by atoms with Gasteiger partial charge in [0.05, 0.1) is 6.61 Å². The summed E-state index contributed by atoms with van der Waals surface area (Å²) in [5.41, 5.74) is 2.01. The first-order chi connectivity index (χ1) is 17.0. The van der Waals surface area contributed by atoms with Crippen molar-refractivity contribution in [3.05, 3.63) is 41.6 Å². The van der Waals surface area contributed by atoms with Gasteiger partial charge in [-0.2, -0.15) is 5.10 Å². The molecular weight excluding hydrogens is 460 g/mol. The first-order valence-corrected chi connectivity index (χ1v) is 13.1. The minimum Gasteiger partial charge on any atom is -0.487 e. The molecule has 3 aromatic rings. The number of ketones is 1. The van der Waals surface area contributed by atoms with E-state index in [1.165, 1.54) is 24.6 Å². The Bertz CT molecular complexity index is 1140. The molecule has 0 saturated heterocycles. The van der Waals surface area contributed by atoms with Crippen LogP contribution in [0, 0.1) is 12.8 Å². The van der Waals surface area contributed by atoms with Crippen molar-refractivity contribution >= 4 is 35.0 Å². The highest BCUT2D eigenvalue weighted by molar-refractivity contribution is 7.99. The predicted octanol–water partition coefficient (Wildman–Crippen LogP) is 5.56. The molecule has 2 aromatic heterocycles. The molecule has 0 spiro atoms. The van der Waals surface area contributed by atoms with Crippen molar-refractivity contribution < 1.29 is 9.53 Å². The monoisotopic (exact) mass is 494 g/mol. The summed E-state index contributed by atoms with van der Waals surface area (Å²) in [7, 11) is 1.98. The van der Waals surface area contributed by atoms with Gasteiger partial charge >= 0.3 is 0 Å². The van der Waals surface area contributed by atoms with Gasteiger partial charge in [-0.3, -0.25) is 9.89 Å². The Hall–Kier alpha value is -3.07. The van der Waals surface area contributed by atoms with Crippen molar-refractivity contribution in [1.82, 2.24) is 20.2 Å². The Morgan fingerprint density at radius 1 is 1.20 bits per heavy atom. The van der Waals surface area contributed by atoms with Gasteiger partial charge in [-0.1, -0.05) is 25.0 Å². The molecule has 2 heterocycles. The van der Waals surface area contributed by atoms with Gasteiger partial charge in [0.15, 0.2) is 22.6 Å². The average Bonchev–Trinajstić information content (AvgIpc) is 3.53. The Kier molecular flexibility index (Phi) is 8.28. The molecule has 0 unspecified atom stereocenters. The number of carbonyl (C=O) groups is 1. The third-order valence-electron chi connectivity index (χ3n) is 6.23. The van der Waals surface area contributed by atoms with Crippen molar-refractivity contribution in [2.24, 2.45) is 5.92 Å². The second-order valence-electron chi connectivity index (χ2n) is 8.89. The quantitative estimate of drug-likeness (QED) is 0.335. The molecule has 1 aliphatic carbocycles. The fourth-order valence-corrected chi connectivity index (χ4v) is 4.96. The Morgan fingerprint density at radius 3 is 2.57 bits per heavy atom. The van der Waals surface area contributed by atoms with Gasteiger partial charge in [-0.25, -0.2) is 9.97 Å². The van der Waals surface area contributed by atoms with Crippen LogP contribution in [0.5, 0.6) is 5.75 Å². The molecule has 0 bridgehead atoms. The summed E-state index contributed by atoms with van der Waals surface area (Å²) in [4.78, 5) is 25.2. The highest BCUT2D eigenvalue weighted by atomic mass is 32.2. The van der Waals surface area contributed by atoms with Gasteiger partial charge in [0.2, 0.25) is 5.75 Å². The van der Waals surface area contributed by atoms with E-state index in [1.54, 1.807) is 0 Å². The fraction of sp³-hybridized carbons (Fsp3) is 0.462. The average molecular weight is 495 g/mol. The van der Waals surface area contributed by atoms with E-state index in [9.17, 15) is 4.79 Å². The lowest BCUT2D eigenvalue weighted by atomic mass is 9.97. The minimum absolute atomic E-state index is 0.250. The zero-order valence-electron chi connectivity index (χ0n) is 20.9. The molecule has 2 N–H and O–H groups in total. The van der Waals surface area contributed by atoms with Crippen LogP contribution in [0.4, 0.5) is 17.5 Å². The minimum atomic E-state index is 0.250. The van der Waals surface area contributed by atoms with E-state index < -0.39 is 0 Å². The van der Waals surface area contributed by atoms with Crippen molar-refractivity contribution in [3.63, 3.8) is 0 Å². The van der Waals surface area contributed by atoms with Gasteiger partial charge < -0.3 is 15.0 Å². The van der Waals surface area contributed by atoms with Gasteiger partial charge in [-0.05, 0) is 63.1 Å². The zero-order chi connectivity index (χ0) is 24.8. The first-order valence-electron chi connectivity index (χ1n) is 12.3. The maximum atomic E-state index is 12.5. The number of nitrogens with one attached hydrogen (secondary N) is 2. The smallest absolute Gasteiger partial charge is 0.205 e. The first kappa shape index (κ1) is 25.0. The third-order valence-corrected chi connectivity index (χ3v) is 7.10. The van der Waals surface area contributed by atoms with Crippen LogP contribution < -0.4 is 15.0 Å². The number of aromatic nitrogens is 4. The highest BCUT2D eigenvalue weighted by Gasteiger charge is 2.23. The number of benzene rings is 1. The van der Waals surface area contributed by atoms with E-state index in [1.807, 2.05) is 56.1 Å². The number of ether oxygens (including phenoxy) is 1. The Balaban J connectivity index is 1.57. The van der Waals surface area contributed by atoms with Crippen LogP contribution in [0.2, 0.25) is 0 Å². The van der Waals surface area contributed by atoms with Crippen LogP contribution in [0.15, 0.2) is 40.4 Å². The van der Waals surface area contributed by atoms with Crippen molar-refractivity contribution in [2.75, 3.05) is 30.4 Å². The van der Waals surface area contributed by atoms with Crippen LogP contribution in [0.25, 0.3) is 0 Å². The standard InChI is InChI=1S/C26H34N6O2S/c1-5-32(4)25-23(34-6-2)24(27-22-15-17(3)30-31-22)28-26(29-25)35-20-13-11-18(12-14-20)16-21(33)19-9-7-8-10-19/h11-15,19H,5-10,16H2,1-4H3,(H2,27,28,29,30,31). The number of aryl methyl sites for hydroxylation is 1. The van der Waals surface area contributed by atoms with E-state index in [4.69, 9.17) is 14.7 Å². The van der Waals surface area contributed by atoms with Crippen molar-refractivity contribution in [3.8, 4) is 5.75 Å². The van der Waals surface area contributed by atoms with E-state index in [0.717, 1.165) is 41.4 Å². The summed E-state index contributed by atoms with van der Waals surface area (Å²) in [6.45, 7) is 7.23. The maximum absolute atomic E-state index is 12.5. The SMILES string of the molecule is CCOc1c(Nc2cc(C)[nH]n2)nc(Sc2ccc(CC(=O)C3CCCC3)cc2)nc1N(C)CC. The second kappa shape index (κ2) is 11.6. The highest BCUT2D eigenvalue weighted by Crippen LogP contribution is 2.38. The number of carbonyl (C=O) groups excluding carboxylic acids is 1. The normalized spacial score (nSPS) is 13.7. The van der Waals surface area contributed by atoms with Gasteiger partial charge in [-0.15, -0.1) is 0 Å². The lowest BCUT2D eigenvalue weighted by molar-refractivity contribution is -0.122. The molecule has 0 aliphatic heterocycles. The lowest BCUT2D eigenvalue weighted by Gasteiger charge is -2.22. The molecular formula is C26H34N6O2S. The fourth-order valence-electron chi connectivity index (χ4n) is 4.21.